The molecule has 1 N–H and O–H groups in total. The van der Waals surface area contributed by atoms with Crippen molar-refractivity contribution >= 4 is 27.3 Å². The van der Waals surface area contributed by atoms with Gasteiger partial charge in [-0.2, -0.15) is 0 Å². The molecule has 2 aromatic carbocycles. The van der Waals surface area contributed by atoms with E-state index in [-0.39, 0.29) is 10.8 Å². The molecular formula is C19H22N2O4S. The molecule has 0 unspecified atom stereocenters. The zero-order valence-electron chi connectivity index (χ0n) is 14.9. The SMILES string of the molecule is CCOc1ccccc1S(=O)(=O)Nc1ccc(N2CCCC2=O)c(C)c1. The lowest BCUT2D eigenvalue weighted by molar-refractivity contribution is -0.117. The van der Waals surface area contributed by atoms with Gasteiger partial charge < -0.3 is 9.64 Å². The first-order valence-electron chi connectivity index (χ1n) is 8.58. The lowest BCUT2D eigenvalue weighted by Crippen LogP contribution is -2.24. The second kappa shape index (κ2) is 7.37. The molecule has 1 amide bonds. The molecule has 1 heterocycles. The number of anilines is 2. The molecule has 0 radical (unpaired) electrons. The zero-order valence-corrected chi connectivity index (χ0v) is 15.7. The van der Waals surface area contributed by atoms with E-state index in [1.807, 2.05) is 6.92 Å². The number of para-hydroxylation sites is 1. The van der Waals surface area contributed by atoms with E-state index in [4.69, 9.17) is 4.74 Å². The molecule has 7 heteroatoms. The van der Waals surface area contributed by atoms with Crippen LogP contribution in [0.5, 0.6) is 5.75 Å². The largest absolute Gasteiger partial charge is 0.492 e. The zero-order chi connectivity index (χ0) is 18.7. The summed E-state index contributed by atoms with van der Waals surface area (Å²) in [6.07, 6.45) is 1.41. The average Bonchev–Trinajstić information content (AvgIpc) is 3.01. The van der Waals surface area contributed by atoms with Crippen LogP contribution in [0.2, 0.25) is 0 Å². The second-order valence-corrected chi connectivity index (χ2v) is 7.79. The van der Waals surface area contributed by atoms with E-state index in [0.29, 0.717) is 31.0 Å². The molecule has 2 aromatic rings. The van der Waals surface area contributed by atoms with Gasteiger partial charge in [0.25, 0.3) is 10.0 Å². The minimum Gasteiger partial charge on any atom is -0.492 e. The molecule has 0 aliphatic carbocycles. The predicted octanol–water partition coefficient (Wildman–Crippen LogP) is 3.32. The fourth-order valence-corrected chi connectivity index (χ4v) is 4.28. The molecular weight excluding hydrogens is 352 g/mol. The number of carbonyl (C=O) groups excluding carboxylic acids is 1. The van der Waals surface area contributed by atoms with Crippen molar-refractivity contribution in [3.8, 4) is 5.75 Å². The Bertz CT molecular complexity index is 925. The van der Waals surface area contributed by atoms with Crippen molar-refractivity contribution < 1.29 is 17.9 Å². The first kappa shape index (κ1) is 18.3. The Hall–Kier alpha value is -2.54. The van der Waals surface area contributed by atoms with Crippen molar-refractivity contribution in [3.05, 3.63) is 48.0 Å². The summed E-state index contributed by atoms with van der Waals surface area (Å²) in [5.41, 5.74) is 2.12. The average molecular weight is 374 g/mol. The van der Waals surface area contributed by atoms with Crippen molar-refractivity contribution in [1.29, 1.82) is 0 Å². The van der Waals surface area contributed by atoms with E-state index in [1.54, 1.807) is 48.2 Å². The number of carbonyl (C=O) groups is 1. The van der Waals surface area contributed by atoms with Crippen LogP contribution in [0.25, 0.3) is 0 Å². The highest BCUT2D eigenvalue weighted by Gasteiger charge is 2.24. The maximum Gasteiger partial charge on any atom is 0.265 e. The quantitative estimate of drug-likeness (QED) is 0.842. The Labute approximate surface area is 153 Å². The summed E-state index contributed by atoms with van der Waals surface area (Å²) in [6, 6.07) is 11.7. The molecule has 1 aliphatic heterocycles. The van der Waals surface area contributed by atoms with Crippen LogP contribution < -0.4 is 14.4 Å². The molecule has 26 heavy (non-hydrogen) atoms. The standard InChI is InChI=1S/C19H22N2O4S/c1-3-25-17-7-4-5-8-18(17)26(23,24)20-15-10-11-16(14(2)13-15)21-12-6-9-19(21)22/h4-5,7-8,10-11,13,20H,3,6,9,12H2,1-2H3. The van der Waals surface area contributed by atoms with E-state index < -0.39 is 10.0 Å². The number of hydrogen-bond donors (Lipinski definition) is 1. The van der Waals surface area contributed by atoms with Crippen LogP contribution in [0.3, 0.4) is 0 Å². The highest BCUT2D eigenvalue weighted by atomic mass is 32.2. The van der Waals surface area contributed by atoms with E-state index in [9.17, 15) is 13.2 Å². The first-order chi connectivity index (χ1) is 12.4. The van der Waals surface area contributed by atoms with Gasteiger partial charge >= 0.3 is 0 Å². The molecule has 138 valence electrons. The molecule has 0 atom stereocenters. The summed E-state index contributed by atoms with van der Waals surface area (Å²) in [7, 11) is -3.78. The number of benzene rings is 2. The molecule has 3 rings (SSSR count). The summed E-state index contributed by atoms with van der Waals surface area (Å²) >= 11 is 0. The molecule has 1 aliphatic rings. The highest BCUT2D eigenvalue weighted by Crippen LogP contribution is 2.30. The Morgan fingerprint density at radius 2 is 1.96 bits per heavy atom. The maximum absolute atomic E-state index is 12.7. The number of nitrogens with zero attached hydrogens (tertiary/aromatic N) is 1. The normalized spacial score (nSPS) is 14.5. The van der Waals surface area contributed by atoms with Crippen molar-refractivity contribution in [2.75, 3.05) is 22.8 Å². The number of nitrogens with one attached hydrogen (secondary N) is 1. The molecule has 0 bridgehead atoms. The number of rotatable bonds is 6. The van der Waals surface area contributed by atoms with E-state index in [0.717, 1.165) is 17.7 Å². The van der Waals surface area contributed by atoms with E-state index >= 15 is 0 Å². The van der Waals surface area contributed by atoms with Gasteiger partial charge in [-0.05, 0) is 56.2 Å². The molecule has 0 aromatic heterocycles. The van der Waals surface area contributed by atoms with Crippen LogP contribution in [0.15, 0.2) is 47.4 Å². The van der Waals surface area contributed by atoms with Gasteiger partial charge in [0, 0.05) is 24.3 Å². The van der Waals surface area contributed by atoms with Crippen LogP contribution >= 0.6 is 0 Å². The summed E-state index contributed by atoms with van der Waals surface area (Å²) in [6.45, 7) is 4.75. The highest BCUT2D eigenvalue weighted by molar-refractivity contribution is 7.92. The molecule has 0 spiro atoms. The minimum atomic E-state index is -3.78. The van der Waals surface area contributed by atoms with Crippen molar-refractivity contribution in [2.45, 2.75) is 31.6 Å². The molecule has 6 nitrogen and oxygen atoms in total. The summed E-state index contributed by atoms with van der Waals surface area (Å²) in [4.78, 5) is 13.8. The van der Waals surface area contributed by atoms with Crippen LogP contribution in [-0.2, 0) is 14.8 Å². The fraction of sp³-hybridized carbons (Fsp3) is 0.316. The van der Waals surface area contributed by atoms with Gasteiger partial charge in [0.05, 0.1) is 6.61 Å². The maximum atomic E-state index is 12.7. The van der Waals surface area contributed by atoms with Crippen LogP contribution in [0.4, 0.5) is 11.4 Å². The first-order valence-corrected chi connectivity index (χ1v) is 10.1. The van der Waals surface area contributed by atoms with Crippen LogP contribution in [0.1, 0.15) is 25.3 Å². The minimum absolute atomic E-state index is 0.0956. The van der Waals surface area contributed by atoms with E-state index in [2.05, 4.69) is 4.72 Å². The number of aryl methyl sites for hydroxylation is 1. The lowest BCUT2D eigenvalue weighted by atomic mass is 10.1. The lowest BCUT2D eigenvalue weighted by Gasteiger charge is -2.19. The van der Waals surface area contributed by atoms with Crippen LogP contribution in [-0.4, -0.2) is 27.5 Å². The third-order valence-corrected chi connectivity index (χ3v) is 5.67. The van der Waals surface area contributed by atoms with Gasteiger partial charge in [-0.1, -0.05) is 12.1 Å². The molecule has 0 saturated carbocycles. The summed E-state index contributed by atoms with van der Waals surface area (Å²) < 4.78 is 33.5. The van der Waals surface area contributed by atoms with Gasteiger partial charge in [-0.25, -0.2) is 8.42 Å². The number of hydrogen-bond acceptors (Lipinski definition) is 4. The third kappa shape index (κ3) is 3.67. The third-order valence-electron chi connectivity index (χ3n) is 4.25. The van der Waals surface area contributed by atoms with Crippen molar-refractivity contribution in [2.24, 2.45) is 0 Å². The van der Waals surface area contributed by atoms with Crippen molar-refractivity contribution in [1.82, 2.24) is 0 Å². The van der Waals surface area contributed by atoms with Gasteiger partial charge in [0.15, 0.2) is 0 Å². The Morgan fingerprint density at radius 1 is 1.19 bits per heavy atom. The second-order valence-electron chi connectivity index (χ2n) is 6.14. The van der Waals surface area contributed by atoms with Gasteiger partial charge in [-0.3, -0.25) is 9.52 Å². The number of ether oxygens (including phenoxy) is 1. The van der Waals surface area contributed by atoms with Gasteiger partial charge in [0.1, 0.15) is 10.6 Å². The van der Waals surface area contributed by atoms with Crippen LogP contribution in [0, 0.1) is 6.92 Å². The monoisotopic (exact) mass is 374 g/mol. The number of sulfonamides is 1. The van der Waals surface area contributed by atoms with Crippen molar-refractivity contribution in [3.63, 3.8) is 0 Å². The Morgan fingerprint density at radius 3 is 2.62 bits per heavy atom. The summed E-state index contributed by atoms with van der Waals surface area (Å²) in [5, 5.41) is 0. The van der Waals surface area contributed by atoms with Gasteiger partial charge in [-0.15, -0.1) is 0 Å². The van der Waals surface area contributed by atoms with Gasteiger partial charge in [0.2, 0.25) is 5.91 Å². The Kier molecular flexibility index (Phi) is 5.18. The smallest absolute Gasteiger partial charge is 0.265 e. The topological polar surface area (TPSA) is 75.7 Å². The molecule has 1 saturated heterocycles. The van der Waals surface area contributed by atoms with E-state index in [1.165, 1.54) is 6.07 Å². The predicted molar refractivity (Wildman–Crippen MR) is 101 cm³/mol. The molecule has 1 fully saturated rings. The Balaban J connectivity index is 1.87. The summed E-state index contributed by atoms with van der Waals surface area (Å²) in [5.74, 6) is 0.422. The fourth-order valence-electron chi connectivity index (χ4n) is 3.08. The number of amides is 1.